The second kappa shape index (κ2) is 24.1. The smallest absolute Gasteiger partial charge is 0.328 e. The Morgan fingerprint density at radius 2 is 1.61 bits per heavy atom. The number of carbonyl (C=O) groups excluding carboxylic acids is 6. The molecule has 0 radical (unpaired) electrons. The number of amides is 5. The monoisotopic (exact) mass is 869 g/mol. The van der Waals surface area contributed by atoms with Gasteiger partial charge in [0.25, 0.3) is 0 Å². The summed E-state index contributed by atoms with van der Waals surface area (Å²) in [5.74, 6) is -2.71. The van der Waals surface area contributed by atoms with Crippen molar-refractivity contribution in [2.45, 2.75) is 160 Å². The predicted molar refractivity (Wildman–Crippen MR) is 236 cm³/mol. The first-order valence-corrected chi connectivity index (χ1v) is 23.0. The molecular weight excluding hydrogens is 793 g/mol. The molecule has 0 aromatic heterocycles. The number of ether oxygens (including phenoxy) is 3. The lowest BCUT2D eigenvalue weighted by atomic mass is 9.89. The molecular formula is C47H76N6O9. The molecule has 15 heteroatoms. The van der Waals surface area contributed by atoms with Gasteiger partial charge in [-0.05, 0) is 74.8 Å². The van der Waals surface area contributed by atoms with Crippen LogP contribution in [0.3, 0.4) is 0 Å². The van der Waals surface area contributed by atoms with E-state index in [1.165, 1.54) is 14.2 Å². The minimum Gasteiger partial charge on any atom is -0.467 e. The summed E-state index contributed by atoms with van der Waals surface area (Å²) in [4.78, 5) is 88.3. The van der Waals surface area contributed by atoms with Gasteiger partial charge in [-0.25, -0.2) is 4.79 Å². The van der Waals surface area contributed by atoms with Crippen molar-refractivity contribution in [3.8, 4) is 0 Å². The average molecular weight is 869 g/mol. The van der Waals surface area contributed by atoms with Crippen molar-refractivity contribution >= 4 is 35.5 Å². The molecule has 1 saturated carbocycles. The van der Waals surface area contributed by atoms with Gasteiger partial charge in [0, 0.05) is 46.7 Å². The van der Waals surface area contributed by atoms with Crippen molar-refractivity contribution in [1.29, 1.82) is 0 Å². The molecule has 0 unspecified atom stereocenters. The Labute approximate surface area is 369 Å². The summed E-state index contributed by atoms with van der Waals surface area (Å²) in [6.45, 7) is 10.6. The molecule has 3 fully saturated rings. The molecule has 1 aromatic rings. The zero-order chi connectivity index (χ0) is 45.7. The van der Waals surface area contributed by atoms with Crippen LogP contribution in [0.25, 0.3) is 0 Å². The fourth-order valence-corrected chi connectivity index (χ4v) is 10.2. The quantitative estimate of drug-likeness (QED) is 0.102. The van der Waals surface area contributed by atoms with Crippen molar-refractivity contribution in [2.75, 3.05) is 41.5 Å². The summed E-state index contributed by atoms with van der Waals surface area (Å²) >= 11 is 0. The average Bonchev–Trinajstić information content (AvgIpc) is 4.04. The zero-order valence-corrected chi connectivity index (χ0v) is 38.8. The number of rotatable bonds is 24. The van der Waals surface area contributed by atoms with Crippen LogP contribution >= 0.6 is 0 Å². The summed E-state index contributed by atoms with van der Waals surface area (Å²) in [5, 5.41) is 5.95. The fraction of sp³-hybridized carbons (Fsp3) is 0.745. The molecule has 62 heavy (non-hydrogen) atoms. The van der Waals surface area contributed by atoms with Gasteiger partial charge in [0.2, 0.25) is 29.5 Å². The molecule has 4 N–H and O–H groups in total. The highest BCUT2D eigenvalue weighted by atomic mass is 16.5. The topological polar surface area (TPSA) is 190 Å². The molecule has 2 bridgehead atoms. The lowest BCUT2D eigenvalue weighted by Crippen LogP contribution is -2.60. The van der Waals surface area contributed by atoms with Crippen LogP contribution in [0, 0.1) is 23.7 Å². The van der Waals surface area contributed by atoms with E-state index in [0.29, 0.717) is 38.8 Å². The molecule has 1 aliphatic carbocycles. The maximum absolute atomic E-state index is 14.6. The van der Waals surface area contributed by atoms with Gasteiger partial charge in [-0.2, -0.15) is 0 Å². The van der Waals surface area contributed by atoms with Crippen LogP contribution in [-0.4, -0.2) is 140 Å². The Hall–Kier alpha value is -4.08. The number of carbonyl (C=O) groups is 6. The van der Waals surface area contributed by atoms with E-state index in [4.69, 9.17) is 19.9 Å². The minimum atomic E-state index is -0.905. The second-order valence-corrected chi connectivity index (χ2v) is 18.2. The van der Waals surface area contributed by atoms with E-state index in [-0.39, 0.29) is 66.2 Å². The Bertz CT molecular complexity index is 1650. The summed E-state index contributed by atoms with van der Waals surface area (Å²) in [6.07, 6.45) is 6.29. The van der Waals surface area contributed by atoms with Gasteiger partial charge < -0.3 is 45.3 Å². The number of methoxy groups -OCH3 is 3. The van der Waals surface area contributed by atoms with Crippen molar-refractivity contribution < 1.29 is 43.0 Å². The summed E-state index contributed by atoms with van der Waals surface area (Å²) in [5.41, 5.74) is 6.52. The molecule has 0 spiro atoms. The number of nitrogens with one attached hydrogen (secondary N) is 2. The first kappa shape index (κ1) is 50.6. The van der Waals surface area contributed by atoms with Crippen molar-refractivity contribution in [3.05, 3.63) is 35.9 Å². The van der Waals surface area contributed by atoms with E-state index in [2.05, 4.69) is 10.6 Å². The summed E-state index contributed by atoms with van der Waals surface area (Å²) in [7, 11) is 6.07. The highest BCUT2D eigenvalue weighted by Gasteiger charge is 2.52. The van der Waals surface area contributed by atoms with Gasteiger partial charge in [-0.1, -0.05) is 77.8 Å². The number of hydrogen-bond donors (Lipinski definition) is 3. The molecule has 11 atom stereocenters. The maximum atomic E-state index is 14.6. The number of piperidine rings is 1. The molecule has 2 heterocycles. The van der Waals surface area contributed by atoms with Crippen LogP contribution in [-0.2, 0) is 49.4 Å². The molecule has 2 aliphatic heterocycles. The van der Waals surface area contributed by atoms with E-state index in [1.54, 1.807) is 35.8 Å². The minimum absolute atomic E-state index is 0.0100. The maximum Gasteiger partial charge on any atom is 0.328 e. The van der Waals surface area contributed by atoms with Gasteiger partial charge in [0.05, 0.1) is 43.7 Å². The van der Waals surface area contributed by atoms with Gasteiger partial charge in [0.1, 0.15) is 18.1 Å². The standard InChI is InChI=1S/C47H76N6O9/c1-10-30(4)41(51(6)46(58)40(29(2)3)50-45(57)42-33-22-23-34(27-33)53(42)38(54)21-15-12-16-24-48)37(60-7)28-39(55)52-25-17-20-36(52)43(61-8)31(5)44(56)49-35(47(59)62-9)26-32-18-13-11-14-19-32/h11,13-14,18-19,29-31,33-37,40-43H,10,12,15-17,20-28,48H2,1-9H3,(H,49,56)(H,50,57)/t30-,31+,33-,34+,35-,36-,37+,40-,41-,42-,43+/m0/s1. The van der Waals surface area contributed by atoms with Gasteiger partial charge in [-0.15, -0.1) is 0 Å². The number of likely N-dealkylation sites (tertiary alicyclic amines) is 2. The Balaban J connectivity index is 1.47. The Kier molecular flexibility index (Phi) is 19.7. The number of esters is 1. The number of likely N-dealkylation sites (N-methyl/N-ethyl adjacent to an activating group) is 1. The summed E-state index contributed by atoms with van der Waals surface area (Å²) in [6, 6.07) is 6.11. The second-order valence-electron chi connectivity index (χ2n) is 18.2. The Morgan fingerprint density at radius 1 is 0.903 bits per heavy atom. The van der Waals surface area contributed by atoms with Gasteiger partial charge in [-0.3, -0.25) is 24.0 Å². The highest BCUT2D eigenvalue weighted by Crippen LogP contribution is 2.43. The lowest BCUT2D eigenvalue weighted by Gasteiger charge is -2.41. The first-order chi connectivity index (χ1) is 29.6. The van der Waals surface area contributed by atoms with Crippen LogP contribution < -0.4 is 16.4 Å². The zero-order valence-electron chi connectivity index (χ0n) is 38.8. The van der Waals surface area contributed by atoms with Crippen LogP contribution in [0.15, 0.2) is 30.3 Å². The van der Waals surface area contributed by atoms with E-state index < -0.39 is 54.3 Å². The van der Waals surface area contributed by atoms with Crippen molar-refractivity contribution in [1.82, 2.24) is 25.3 Å². The highest BCUT2D eigenvalue weighted by molar-refractivity contribution is 5.93. The molecule has 348 valence electrons. The van der Waals surface area contributed by atoms with Crippen LogP contribution in [0.1, 0.15) is 111 Å². The SMILES string of the molecule is CC[C@H](C)[C@@H]([C@@H](CC(=O)N1CCC[C@H]1[C@H](OC)[C@@H](C)C(=O)N[C@@H](Cc1ccccc1)C(=O)OC)OC)N(C)C(=O)[C@@H](NC(=O)[C@@H]1[C@H]2CC[C@H](C2)N1C(=O)CCCCCN)C(C)C. The van der Waals surface area contributed by atoms with Crippen molar-refractivity contribution in [2.24, 2.45) is 29.4 Å². The number of nitrogens with zero attached hydrogens (tertiary/aromatic N) is 3. The van der Waals surface area contributed by atoms with E-state index in [1.807, 2.05) is 58.0 Å². The number of fused-ring (bicyclic) bond motifs is 2. The third kappa shape index (κ3) is 12.3. The first-order valence-electron chi connectivity index (χ1n) is 23.0. The normalized spacial score (nSPS) is 23.0. The number of unbranched alkanes of at least 4 members (excludes halogenated alkanes) is 2. The fourth-order valence-electron chi connectivity index (χ4n) is 10.2. The molecule has 15 nitrogen and oxygen atoms in total. The molecule has 1 aromatic carbocycles. The Morgan fingerprint density at radius 3 is 2.23 bits per heavy atom. The molecule has 3 aliphatic rings. The summed E-state index contributed by atoms with van der Waals surface area (Å²) < 4.78 is 17.0. The third-order valence-corrected chi connectivity index (χ3v) is 13.8. The van der Waals surface area contributed by atoms with Crippen molar-refractivity contribution in [3.63, 3.8) is 0 Å². The molecule has 4 rings (SSSR count). The van der Waals surface area contributed by atoms with E-state index in [0.717, 1.165) is 44.1 Å². The third-order valence-electron chi connectivity index (χ3n) is 13.8. The van der Waals surface area contributed by atoms with Crippen LogP contribution in [0.5, 0.6) is 0 Å². The number of benzene rings is 1. The molecule has 2 saturated heterocycles. The van der Waals surface area contributed by atoms with Gasteiger partial charge in [0.15, 0.2) is 0 Å². The largest absolute Gasteiger partial charge is 0.467 e. The molecule has 5 amide bonds. The predicted octanol–water partition coefficient (Wildman–Crippen LogP) is 3.85. The lowest BCUT2D eigenvalue weighted by molar-refractivity contribution is -0.149. The van der Waals surface area contributed by atoms with E-state index >= 15 is 0 Å². The number of nitrogens with two attached hydrogens (primary N) is 1. The number of hydrogen-bond acceptors (Lipinski definition) is 10. The van der Waals surface area contributed by atoms with Crippen LogP contribution in [0.2, 0.25) is 0 Å². The van der Waals surface area contributed by atoms with E-state index in [9.17, 15) is 28.8 Å². The van der Waals surface area contributed by atoms with Crippen LogP contribution in [0.4, 0.5) is 0 Å². The van der Waals surface area contributed by atoms with Gasteiger partial charge >= 0.3 is 5.97 Å².